The van der Waals surface area contributed by atoms with Crippen LogP contribution in [0.3, 0.4) is 0 Å². The summed E-state index contributed by atoms with van der Waals surface area (Å²) < 4.78 is 5.53. The van der Waals surface area contributed by atoms with E-state index >= 15 is 0 Å². The zero-order valence-corrected chi connectivity index (χ0v) is 20.0. The largest absolute Gasteiger partial charge is 0.443 e. The fraction of sp³-hybridized carbons (Fsp3) is 0.364. The lowest BCUT2D eigenvalue weighted by Gasteiger charge is -2.28. The van der Waals surface area contributed by atoms with Crippen LogP contribution in [-0.4, -0.2) is 47.0 Å². The molecule has 0 unspecified atom stereocenters. The van der Waals surface area contributed by atoms with Crippen LogP contribution >= 0.6 is 23.2 Å². The summed E-state index contributed by atoms with van der Waals surface area (Å²) in [5.74, 6) is -1.06. The number of ether oxygens (including phenoxy) is 1. The van der Waals surface area contributed by atoms with E-state index in [0.717, 1.165) is 0 Å². The van der Waals surface area contributed by atoms with Gasteiger partial charge in [0.05, 0.1) is 11.4 Å². The number of aryl methyl sites for hydroxylation is 1. The van der Waals surface area contributed by atoms with Gasteiger partial charge >= 0.3 is 6.09 Å². The number of anilines is 1. The molecule has 1 aromatic carbocycles. The zero-order chi connectivity index (χ0) is 24.0. The van der Waals surface area contributed by atoms with Crippen molar-refractivity contribution in [3.8, 4) is 11.1 Å². The highest BCUT2D eigenvalue weighted by Gasteiger charge is 2.36. The number of halogens is 2. The number of nitrogens with two attached hydrogens (primary N) is 1. The van der Waals surface area contributed by atoms with Crippen LogP contribution in [0.4, 0.5) is 10.5 Å². The molecule has 0 aliphatic carbocycles. The summed E-state index contributed by atoms with van der Waals surface area (Å²) in [6.45, 7) is 6.83. The number of fused-ring (bicyclic) bond motifs is 1. The summed E-state index contributed by atoms with van der Waals surface area (Å²) in [6.07, 6.45) is -0.591. The van der Waals surface area contributed by atoms with Gasteiger partial charge in [0, 0.05) is 40.3 Å². The van der Waals surface area contributed by atoms with Crippen LogP contribution in [0, 0.1) is 6.92 Å². The third-order valence-electron chi connectivity index (χ3n) is 4.84. The van der Waals surface area contributed by atoms with Crippen molar-refractivity contribution in [3.63, 3.8) is 0 Å². The van der Waals surface area contributed by atoms with E-state index in [2.05, 4.69) is 4.98 Å². The predicted octanol–water partition coefficient (Wildman–Crippen LogP) is 4.18. The summed E-state index contributed by atoms with van der Waals surface area (Å²) in [4.78, 5) is 44.4. The number of pyridine rings is 1. The summed E-state index contributed by atoms with van der Waals surface area (Å²) in [6, 6.07) is 4.96. The van der Waals surface area contributed by atoms with Crippen molar-refractivity contribution in [3.05, 3.63) is 45.2 Å². The highest BCUT2D eigenvalue weighted by Crippen LogP contribution is 2.43. The molecule has 0 saturated carbocycles. The van der Waals surface area contributed by atoms with Crippen LogP contribution in [0.15, 0.2) is 18.2 Å². The van der Waals surface area contributed by atoms with Gasteiger partial charge in [0.25, 0.3) is 5.91 Å². The first kappa shape index (κ1) is 23.8. The van der Waals surface area contributed by atoms with Crippen LogP contribution in [-0.2, 0) is 16.1 Å². The van der Waals surface area contributed by atoms with E-state index in [4.69, 9.17) is 33.7 Å². The van der Waals surface area contributed by atoms with Gasteiger partial charge in [0.15, 0.2) is 0 Å². The topological polar surface area (TPSA) is 106 Å². The maximum absolute atomic E-state index is 12.9. The van der Waals surface area contributed by atoms with Gasteiger partial charge in [-0.05, 0) is 39.8 Å². The summed E-state index contributed by atoms with van der Waals surface area (Å²) >= 11 is 12.6. The number of hydrogen-bond donors (Lipinski definition) is 1. The van der Waals surface area contributed by atoms with Gasteiger partial charge in [-0.3, -0.25) is 14.5 Å². The molecular formula is C22H24Cl2N4O4. The lowest BCUT2D eigenvalue weighted by atomic mass is 9.96. The second-order valence-corrected chi connectivity index (χ2v) is 9.38. The third kappa shape index (κ3) is 4.66. The minimum Gasteiger partial charge on any atom is -0.443 e. The second kappa shape index (κ2) is 8.60. The molecule has 2 N–H and O–H groups in total. The number of nitrogens with zero attached hydrogens (tertiary/aromatic N) is 3. The predicted molar refractivity (Wildman–Crippen MR) is 123 cm³/mol. The van der Waals surface area contributed by atoms with E-state index < -0.39 is 23.5 Å². The van der Waals surface area contributed by atoms with Gasteiger partial charge in [-0.15, -0.1) is 0 Å². The van der Waals surface area contributed by atoms with E-state index in [-0.39, 0.29) is 18.8 Å². The van der Waals surface area contributed by atoms with Gasteiger partial charge in [0.1, 0.15) is 17.8 Å². The molecule has 0 fully saturated rings. The van der Waals surface area contributed by atoms with Gasteiger partial charge in [-0.2, -0.15) is 0 Å². The number of rotatable bonds is 4. The first-order valence-corrected chi connectivity index (χ1v) is 10.6. The molecule has 0 bridgehead atoms. The van der Waals surface area contributed by atoms with Crippen molar-refractivity contribution in [1.82, 2.24) is 9.88 Å². The zero-order valence-electron chi connectivity index (χ0n) is 18.5. The van der Waals surface area contributed by atoms with Gasteiger partial charge in [-0.25, -0.2) is 9.78 Å². The van der Waals surface area contributed by atoms with E-state index in [1.165, 1.54) is 9.80 Å². The number of benzene rings is 1. The summed E-state index contributed by atoms with van der Waals surface area (Å²) in [7, 11) is 1.57. The van der Waals surface area contributed by atoms with Crippen LogP contribution in [0.2, 0.25) is 10.0 Å². The second-order valence-electron chi connectivity index (χ2n) is 8.54. The minimum atomic E-state index is -0.713. The van der Waals surface area contributed by atoms with E-state index in [1.54, 1.807) is 52.9 Å². The first-order chi connectivity index (χ1) is 14.8. The van der Waals surface area contributed by atoms with Gasteiger partial charge in [-0.1, -0.05) is 29.3 Å². The lowest BCUT2D eigenvalue weighted by Crippen LogP contribution is -2.35. The van der Waals surface area contributed by atoms with Gasteiger partial charge in [0.2, 0.25) is 5.91 Å². The van der Waals surface area contributed by atoms with Crippen molar-refractivity contribution < 1.29 is 19.1 Å². The number of hydrogen-bond acceptors (Lipinski definition) is 5. The Morgan fingerprint density at radius 3 is 2.50 bits per heavy atom. The van der Waals surface area contributed by atoms with Crippen molar-refractivity contribution >= 4 is 46.8 Å². The number of carbonyl (C=O) groups excluding carboxylic acids is 3. The number of aromatic nitrogens is 1. The molecular weight excluding hydrogens is 455 g/mol. The molecule has 2 aromatic rings. The maximum atomic E-state index is 12.9. The Morgan fingerprint density at radius 2 is 1.94 bits per heavy atom. The summed E-state index contributed by atoms with van der Waals surface area (Å²) in [5, 5.41) is 0.777. The molecule has 8 nitrogen and oxygen atoms in total. The smallest absolute Gasteiger partial charge is 0.414 e. The molecule has 3 amide bonds. The molecule has 1 aromatic heterocycles. The molecule has 0 saturated heterocycles. The maximum Gasteiger partial charge on any atom is 0.414 e. The lowest BCUT2D eigenvalue weighted by molar-refractivity contribution is -0.118. The standard InChI is InChI=1S/C22H24Cl2N4O4/c1-11-19(27(5)21(31)32-22(2,3)4)17(13-7-6-12(23)8-15(13)24)14-9-28(10-16(25)29)20(30)18(14)26-11/h6-8H,9-10H2,1-5H3,(H2,25,29). The molecule has 0 spiro atoms. The molecule has 32 heavy (non-hydrogen) atoms. The molecule has 3 rings (SSSR count). The number of amides is 3. The number of carbonyl (C=O) groups is 3. The third-order valence-corrected chi connectivity index (χ3v) is 5.38. The highest BCUT2D eigenvalue weighted by atomic mass is 35.5. The van der Waals surface area contributed by atoms with E-state index in [1.807, 2.05) is 0 Å². The highest BCUT2D eigenvalue weighted by molar-refractivity contribution is 6.36. The van der Waals surface area contributed by atoms with Crippen molar-refractivity contribution in [2.75, 3.05) is 18.5 Å². The van der Waals surface area contributed by atoms with E-state index in [0.29, 0.717) is 38.1 Å². The van der Waals surface area contributed by atoms with Crippen LogP contribution in [0.5, 0.6) is 0 Å². The number of primary amides is 1. The Hall–Kier alpha value is -2.84. The van der Waals surface area contributed by atoms with Gasteiger partial charge < -0.3 is 15.4 Å². The minimum absolute atomic E-state index is 0.0911. The average Bonchev–Trinajstić information content (AvgIpc) is 2.94. The SMILES string of the molecule is Cc1nc2c(c(-c3ccc(Cl)cc3Cl)c1N(C)C(=O)OC(C)(C)C)CN(CC(N)=O)C2=O. The van der Waals surface area contributed by atoms with Crippen molar-refractivity contribution in [2.24, 2.45) is 5.73 Å². The Kier molecular flexibility index (Phi) is 6.40. The Labute approximate surface area is 196 Å². The first-order valence-electron chi connectivity index (χ1n) is 9.83. The van der Waals surface area contributed by atoms with Crippen molar-refractivity contribution in [2.45, 2.75) is 39.8 Å². The molecule has 2 heterocycles. The fourth-order valence-electron chi connectivity index (χ4n) is 3.60. The molecule has 1 aliphatic heterocycles. The Morgan fingerprint density at radius 1 is 1.28 bits per heavy atom. The van der Waals surface area contributed by atoms with Crippen molar-refractivity contribution in [1.29, 1.82) is 0 Å². The molecule has 0 radical (unpaired) electrons. The fourth-order valence-corrected chi connectivity index (χ4v) is 4.11. The molecule has 170 valence electrons. The normalized spacial score (nSPS) is 13.2. The molecule has 10 heteroatoms. The van der Waals surface area contributed by atoms with Crippen LogP contribution in [0.1, 0.15) is 42.5 Å². The van der Waals surface area contributed by atoms with E-state index in [9.17, 15) is 14.4 Å². The van der Waals surface area contributed by atoms with Crippen LogP contribution < -0.4 is 10.6 Å². The molecule has 0 atom stereocenters. The Bertz CT molecular complexity index is 1130. The van der Waals surface area contributed by atoms with Crippen LogP contribution in [0.25, 0.3) is 11.1 Å². The quantitative estimate of drug-likeness (QED) is 0.709. The average molecular weight is 479 g/mol. The Balaban J connectivity index is 2.26. The molecule has 1 aliphatic rings. The summed E-state index contributed by atoms with van der Waals surface area (Å²) in [5.41, 5.74) is 7.29. The monoisotopic (exact) mass is 478 g/mol.